The van der Waals surface area contributed by atoms with Crippen LogP contribution in [0.25, 0.3) is 21.9 Å². The second kappa shape index (κ2) is 5.58. The molecule has 4 rings (SSSR count). The first-order valence-corrected chi connectivity index (χ1v) is 7.78. The topological polar surface area (TPSA) is 126 Å². The molecule has 0 spiro atoms. The Hall–Kier alpha value is -1.98. The lowest BCUT2D eigenvalue weighted by molar-refractivity contribution is -0.0511. The van der Waals surface area contributed by atoms with E-state index in [1.54, 1.807) is 6.20 Å². The number of ether oxygens (including phenoxy) is 1. The summed E-state index contributed by atoms with van der Waals surface area (Å²) >= 11 is 1.43. The molecule has 3 aromatic rings. The summed E-state index contributed by atoms with van der Waals surface area (Å²) in [5, 5.41) is 31.8. The number of aliphatic hydroxyl groups excluding tert-OH is 3. The number of thiazole rings is 1. The number of fused-ring (bicyclic) bond motifs is 1. The van der Waals surface area contributed by atoms with E-state index in [1.165, 1.54) is 28.6 Å². The van der Waals surface area contributed by atoms with Crippen LogP contribution >= 0.6 is 11.3 Å². The highest BCUT2D eigenvalue weighted by Gasteiger charge is 2.44. The molecule has 0 aromatic carbocycles. The van der Waals surface area contributed by atoms with Gasteiger partial charge in [-0.1, -0.05) is 0 Å². The van der Waals surface area contributed by atoms with Crippen LogP contribution in [-0.4, -0.2) is 64.7 Å². The molecule has 23 heavy (non-hydrogen) atoms. The van der Waals surface area contributed by atoms with Crippen molar-refractivity contribution in [2.45, 2.75) is 24.5 Å². The van der Waals surface area contributed by atoms with Crippen LogP contribution in [0.5, 0.6) is 0 Å². The molecule has 0 amide bonds. The largest absolute Gasteiger partial charge is 0.394 e. The predicted molar refractivity (Wildman–Crippen MR) is 79.4 cm³/mol. The fourth-order valence-electron chi connectivity index (χ4n) is 2.64. The van der Waals surface area contributed by atoms with Crippen LogP contribution in [0.3, 0.4) is 0 Å². The molecule has 1 saturated heterocycles. The third kappa shape index (κ3) is 2.23. The van der Waals surface area contributed by atoms with Crippen LogP contribution in [0.15, 0.2) is 24.2 Å². The average Bonchev–Trinajstić information content (AvgIpc) is 3.28. The van der Waals surface area contributed by atoms with E-state index < -0.39 is 24.5 Å². The lowest BCUT2D eigenvalue weighted by Crippen LogP contribution is -2.33. The van der Waals surface area contributed by atoms with E-state index in [-0.39, 0.29) is 6.61 Å². The minimum absolute atomic E-state index is 0.388. The first-order chi connectivity index (χ1) is 11.2. The zero-order valence-electron chi connectivity index (χ0n) is 11.7. The summed E-state index contributed by atoms with van der Waals surface area (Å²) in [5.74, 6) is 0. The van der Waals surface area contributed by atoms with Gasteiger partial charge in [0.25, 0.3) is 0 Å². The van der Waals surface area contributed by atoms with Crippen LogP contribution < -0.4 is 0 Å². The Morgan fingerprint density at radius 1 is 1.17 bits per heavy atom. The molecule has 120 valence electrons. The Bertz CT molecular complexity index is 823. The molecule has 1 unspecified atom stereocenters. The van der Waals surface area contributed by atoms with Gasteiger partial charge in [0.1, 0.15) is 40.9 Å². The lowest BCUT2D eigenvalue weighted by Gasteiger charge is -2.16. The molecule has 4 atom stereocenters. The summed E-state index contributed by atoms with van der Waals surface area (Å²) < 4.78 is 7.04. The highest BCUT2D eigenvalue weighted by atomic mass is 32.1. The summed E-state index contributed by atoms with van der Waals surface area (Å²) in [6, 6.07) is 0. The maximum Gasteiger partial charge on any atom is 0.166 e. The maximum absolute atomic E-state index is 10.2. The zero-order valence-corrected chi connectivity index (χ0v) is 12.5. The van der Waals surface area contributed by atoms with Crippen molar-refractivity contribution in [2.75, 3.05) is 6.61 Å². The number of rotatable bonds is 3. The smallest absolute Gasteiger partial charge is 0.166 e. The Morgan fingerprint density at radius 2 is 2.04 bits per heavy atom. The molecule has 3 N–H and O–H groups in total. The standard InChI is InChI=1S/C13H13N5O4S/c19-3-6-9(20)10(21)13(22-6)18-5-17-7-8(12-14-1-2-23-12)15-4-16-11(7)18/h1-2,4-6,9-10,13,19-21H,3H2/t6-,9-,10-,13?/m1/s1. The van der Waals surface area contributed by atoms with Gasteiger partial charge in [-0.15, -0.1) is 11.3 Å². The van der Waals surface area contributed by atoms with E-state index in [0.717, 1.165) is 0 Å². The summed E-state index contributed by atoms with van der Waals surface area (Å²) in [5.41, 5.74) is 1.58. The number of imidazole rings is 1. The van der Waals surface area contributed by atoms with Crippen molar-refractivity contribution < 1.29 is 20.1 Å². The van der Waals surface area contributed by atoms with Gasteiger partial charge in [-0.25, -0.2) is 19.9 Å². The number of nitrogens with zero attached hydrogens (tertiary/aromatic N) is 5. The first-order valence-electron chi connectivity index (χ1n) is 6.90. The Kier molecular flexibility index (Phi) is 3.54. The lowest BCUT2D eigenvalue weighted by atomic mass is 10.1. The second-order valence-electron chi connectivity index (χ2n) is 5.11. The fraction of sp³-hybridized carbons (Fsp3) is 0.385. The normalized spacial score (nSPS) is 27.8. The van der Waals surface area contributed by atoms with E-state index >= 15 is 0 Å². The Labute approximate surface area is 133 Å². The highest BCUT2D eigenvalue weighted by Crippen LogP contribution is 2.33. The average molecular weight is 335 g/mol. The highest BCUT2D eigenvalue weighted by molar-refractivity contribution is 7.13. The first kappa shape index (κ1) is 14.6. The van der Waals surface area contributed by atoms with Crippen molar-refractivity contribution >= 4 is 22.5 Å². The number of hydrogen-bond donors (Lipinski definition) is 3. The van der Waals surface area contributed by atoms with Crippen molar-refractivity contribution in [1.82, 2.24) is 24.5 Å². The molecule has 3 aromatic heterocycles. The van der Waals surface area contributed by atoms with Crippen molar-refractivity contribution in [1.29, 1.82) is 0 Å². The van der Waals surface area contributed by atoms with Crippen molar-refractivity contribution in [3.8, 4) is 10.7 Å². The number of hydrogen-bond acceptors (Lipinski definition) is 9. The molecule has 1 aliphatic rings. The quantitative estimate of drug-likeness (QED) is 0.588. The third-order valence-electron chi connectivity index (χ3n) is 3.78. The van der Waals surface area contributed by atoms with Crippen LogP contribution in [0.2, 0.25) is 0 Å². The van der Waals surface area contributed by atoms with Gasteiger partial charge in [0.05, 0.1) is 12.9 Å². The summed E-state index contributed by atoms with van der Waals surface area (Å²) in [6.07, 6.45) is 0.427. The minimum atomic E-state index is -1.19. The van der Waals surface area contributed by atoms with Crippen molar-refractivity contribution in [2.24, 2.45) is 0 Å². The number of aliphatic hydroxyl groups is 3. The summed E-state index contributed by atoms with van der Waals surface area (Å²) in [7, 11) is 0. The molecule has 9 nitrogen and oxygen atoms in total. The molecule has 10 heteroatoms. The minimum Gasteiger partial charge on any atom is -0.394 e. The van der Waals surface area contributed by atoms with Gasteiger partial charge in [-0.05, 0) is 0 Å². The van der Waals surface area contributed by atoms with Crippen molar-refractivity contribution in [3.05, 3.63) is 24.2 Å². The maximum atomic E-state index is 10.2. The molecule has 0 aliphatic carbocycles. The fourth-order valence-corrected chi connectivity index (χ4v) is 3.28. The zero-order chi connectivity index (χ0) is 16.0. The number of aromatic nitrogens is 5. The van der Waals surface area contributed by atoms with Gasteiger partial charge in [0.15, 0.2) is 11.9 Å². The van der Waals surface area contributed by atoms with E-state index in [0.29, 0.717) is 21.9 Å². The molecule has 0 saturated carbocycles. The Balaban J connectivity index is 1.80. The molecular weight excluding hydrogens is 322 g/mol. The molecule has 4 heterocycles. The van der Waals surface area contributed by atoms with E-state index in [1.807, 2.05) is 5.38 Å². The van der Waals surface area contributed by atoms with Crippen LogP contribution in [0.1, 0.15) is 6.23 Å². The summed E-state index contributed by atoms with van der Waals surface area (Å²) in [4.78, 5) is 16.9. The van der Waals surface area contributed by atoms with Gasteiger partial charge in [-0.3, -0.25) is 4.57 Å². The van der Waals surface area contributed by atoms with Crippen molar-refractivity contribution in [3.63, 3.8) is 0 Å². The van der Waals surface area contributed by atoms with E-state index in [2.05, 4.69) is 19.9 Å². The van der Waals surface area contributed by atoms with Crippen LogP contribution in [0.4, 0.5) is 0 Å². The molecule has 0 radical (unpaired) electrons. The van der Waals surface area contributed by atoms with Gasteiger partial charge < -0.3 is 20.1 Å². The second-order valence-corrected chi connectivity index (χ2v) is 6.01. The van der Waals surface area contributed by atoms with Gasteiger partial charge >= 0.3 is 0 Å². The van der Waals surface area contributed by atoms with Crippen LogP contribution in [0, 0.1) is 0 Å². The summed E-state index contributed by atoms with van der Waals surface area (Å²) in [6.45, 7) is -0.388. The van der Waals surface area contributed by atoms with Gasteiger partial charge in [0.2, 0.25) is 0 Å². The molecule has 1 aliphatic heterocycles. The van der Waals surface area contributed by atoms with Crippen LogP contribution in [-0.2, 0) is 4.74 Å². The SMILES string of the molecule is OC[C@H]1OC(n2cnc3c(-c4nccs4)ncnc32)[C@H](O)[C@@H]1O. The Morgan fingerprint density at radius 3 is 2.74 bits per heavy atom. The molecular formula is C13H13N5O4S. The molecule has 1 fully saturated rings. The van der Waals surface area contributed by atoms with E-state index in [4.69, 9.17) is 4.74 Å². The predicted octanol–water partition coefficient (Wildman–Crippen LogP) is -0.439. The van der Waals surface area contributed by atoms with Gasteiger partial charge in [-0.2, -0.15) is 0 Å². The van der Waals surface area contributed by atoms with Gasteiger partial charge in [0, 0.05) is 11.6 Å². The monoisotopic (exact) mass is 335 g/mol. The third-order valence-corrected chi connectivity index (χ3v) is 4.56. The van der Waals surface area contributed by atoms with E-state index in [9.17, 15) is 15.3 Å². The molecule has 0 bridgehead atoms.